The van der Waals surface area contributed by atoms with E-state index in [1.54, 1.807) is 0 Å². The maximum atomic E-state index is 12.1. The van der Waals surface area contributed by atoms with E-state index in [9.17, 15) is 4.79 Å². The molecule has 0 atom stereocenters. The summed E-state index contributed by atoms with van der Waals surface area (Å²) in [6.45, 7) is 6.59. The Kier molecular flexibility index (Phi) is 5.38. The Bertz CT molecular complexity index is 449. The molecule has 1 aromatic carbocycles. The van der Waals surface area contributed by atoms with Crippen LogP contribution in [0.1, 0.15) is 46.3 Å². The number of carbonyl (C=O) groups excluding carboxylic acids is 1. The van der Waals surface area contributed by atoms with Gasteiger partial charge in [-0.05, 0) is 44.7 Å². The van der Waals surface area contributed by atoms with Crippen molar-refractivity contribution in [3.8, 4) is 6.07 Å². The summed E-state index contributed by atoms with van der Waals surface area (Å²) in [5.74, 6) is -0.0121. The van der Waals surface area contributed by atoms with E-state index >= 15 is 0 Å². The Morgan fingerprint density at radius 2 is 1.83 bits per heavy atom. The summed E-state index contributed by atoms with van der Waals surface area (Å²) >= 11 is 0. The number of carbonyl (C=O) groups is 1. The van der Waals surface area contributed by atoms with Gasteiger partial charge in [-0.3, -0.25) is 4.79 Å². The van der Waals surface area contributed by atoms with Gasteiger partial charge in [-0.25, -0.2) is 0 Å². The number of amides is 1. The average Bonchev–Trinajstić information content (AvgIpc) is 2.27. The summed E-state index contributed by atoms with van der Waals surface area (Å²) in [7, 11) is 0. The number of hydrogen-bond donors (Lipinski definition) is 1. The first-order valence-corrected chi connectivity index (χ1v) is 6.29. The highest BCUT2D eigenvalue weighted by molar-refractivity contribution is 5.97. The Labute approximate surface area is 109 Å². The summed E-state index contributed by atoms with van der Waals surface area (Å²) in [6, 6.07) is 6.15. The summed E-state index contributed by atoms with van der Waals surface area (Å²) in [6.07, 6.45) is 2.24. The van der Waals surface area contributed by atoms with Gasteiger partial charge in [-0.15, -0.1) is 0 Å². The molecule has 0 aliphatic carbocycles. The van der Waals surface area contributed by atoms with Crippen molar-refractivity contribution in [1.82, 2.24) is 5.32 Å². The van der Waals surface area contributed by atoms with Crippen molar-refractivity contribution in [2.45, 2.75) is 40.0 Å². The Hall–Kier alpha value is -1.82. The van der Waals surface area contributed by atoms with Crippen molar-refractivity contribution in [2.75, 3.05) is 6.54 Å². The molecule has 0 saturated heterocycles. The van der Waals surface area contributed by atoms with E-state index in [0.717, 1.165) is 29.5 Å². The molecule has 0 bridgehead atoms. The molecule has 0 spiro atoms. The third-order valence-corrected chi connectivity index (χ3v) is 2.91. The number of nitriles is 1. The largest absolute Gasteiger partial charge is 0.352 e. The van der Waals surface area contributed by atoms with E-state index < -0.39 is 0 Å². The topological polar surface area (TPSA) is 52.9 Å². The van der Waals surface area contributed by atoms with Crippen LogP contribution in [0.15, 0.2) is 12.1 Å². The minimum atomic E-state index is -0.0121. The average molecular weight is 244 g/mol. The Morgan fingerprint density at radius 3 is 2.39 bits per heavy atom. The summed E-state index contributed by atoms with van der Waals surface area (Å²) in [4.78, 5) is 12.1. The number of aryl methyl sites for hydroxylation is 3. The zero-order chi connectivity index (χ0) is 13.5. The van der Waals surface area contributed by atoms with Crippen LogP contribution in [0.2, 0.25) is 0 Å². The zero-order valence-electron chi connectivity index (χ0n) is 11.3. The molecule has 1 aromatic rings. The molecule has 96 valence electrons. The van der Waals surface area contributed by atoms with Gasteiger partial charge in [-0.2, -0.15) is 5.26 Å². The highest BCUT2D eigenvalue weighted by Gasteiger charge is 2.11. The SMILES string of the molecule is Cc1cc(C)c(C(=O)NCCCCC#N)c(C)c1. The van der Waals surface area contributed by atoms with Gasteiger partial charge in [0.2, 0.25) is 0 Å². The molecular weight excluding hydrogens is 224 g/mol. The fourth-order valence-electron chi connectivity index (χ4n) is 2.16. The minimum absolute atomic E-state index is 0.0121. The van der Waals surface area contributed by atoms with Gasteiger partial charge in [-0.1, -0.05) is 17.7 Å². The van der Waals surface area contributed by atoms with Gasteiger partial charge in [0, 0.05) is 18.5 Å². The van der Waals surface area contributed by atoms with Crippen molar-refractivity contribution in [3.63, 3.8) is 0 Å². The normalized spacial score (nSPS) is 9.89. The number of unbranched alkanes of at least 4 members (excludes halogenated alkanes) is 2. The standard InChI is InChI=1S/C15H20N2O/c1-11-9-12(2)14(13(3)10-11)15(18)17-8-6-4-5-7-16/h9-10H,4-6,8H2,1-3H3,(H,17,18). The van der Waals surface area contributed by atoms with Gasteiger partial charge in [0.25, 0.3) is 5.91 Å². The van der Waals surface area contributed by atoms with Crippen molar-refractivity contribution in [1.29, 1.82) is 5.26 Å². The van der Waals surface area contributed by atoms with E-state index in [-0.39, 0.29) is 5.91 Å². The lowest BCUT2D eigenvalue weighted by Gasteiger charge is -2.11. The number of benzene rings is 1. The van der Waals surface area contributed by atoms with E-state index in [4.69, 9.17) is 5.26 Å². The second-order valence-electron chi connectivity index (χ2n) is 4.64. The first-order chi connectivity index (χ1) is 8.56. The molecule has 0 aliphatic heterocycles. The van der Waals surface area contributed by atoms with Crippen molar-refractivity contribution in [2.24, 2.45) is 0 Å². The Morgan fingerprint density at radius 1 is 1.22 bits per heavy atom. The van der Waals surface area contributed by atoms with Gasteiger partial charge in [0.15, 0.2) is 0 Å². The minimum Gasteiger partial charge on any atom is -0.352 e. The quantitative estimate of drug-likeness (QED) is 0.809. The molecule has 0 saturated carbocycles. The molecule has 0 fully saturated rings. The molecule has 0 aliphatic rings. The molecule has 0 unspecified atom stereocenters. The van der Waals surface area contributed by atoms with E-state index in [1.807, 2.05) is 32.9 Å². The van der Waals surface area contributed by atoms with Crippen LogP contribution in [0.5, 0.6) is 0 Å². The van der Waals surface area contributed by atoms with E-state index in [1.165, 1.54) is 5.56 Å². The molecule has 3 nitrogen and oxygen atoms in total. The van der Waals surface area contributed by atoms with Gasteiger partial charge in [0.05, 0.1) is 6.07 Å². The highest BCUT2D eigenvalue weighted by atomic mass is 16.1. The number of rotatable bonds is 5. The smallest absolute Gasteiger partial charge is 0.251 e. The van der Waals surface area contributed by atoms with Crippen LogP contribution in [0.25, 0.3) is 0 Å². The highest BCUT2D eigenvalue weighted by Crippen LogP contribution is 2.16. The van der Waals surface area contributed by atoms with E-state index in [0.29, 0.717) is 13.0 Å². The van der Waals surface area contributed by atoms with Gasteiger partial charge < -0.3 is 5.32 Å². The number of hydrogen-bond acceptors (Lipinski definition) is 2. The summed E-state index contributed by atoms with van der Waals surface area (Å²) in [5.41, 5.74) is 3.99. The third-order valence-electron chi connectivity index (χ3n) is 2.91. The summed E-state index contributed by atoms with van der Waals surface area (Å²) in [5, 5.41) is 11.3. The van der Waals surface area contributed by atoms with Crippen LogP contribution in [0.4, 0.5) is 0 Å². The molecule has 0 heterocycles. The van der Waals surface area contributed by atoms with Crippen LogP contribution < -0.4 is 5.32 Å². The predicted octanol–water partition coefficient (Wildman–Crippen LogP) is 3.04. The van der Waals surface area contributed by atoms with Crippen LogP contribution in [0.3, 0.4) is 0 Å². The van der Waals surface area contributed by atoms with Gasteiger partial charge in [0.1, 0.15) is 0 Å². The first-order valence-electron chi connectivity index (χ1n) is 6.29. The molecule has 1 rings (SSSR count). The number of nitrogens with zero attached hydrogens (tertiary/aromatic N) is 1. The second-order valence-corrected chi connectivity index (χ2v) is 4.64. The second kappa shape index (κ2) is 6.80. The maximum Gasteiger partial charge on any atom is 0.251 e. The maximum absolute atomic E-state index is 12.1. The fraction of sp³-hybridized carbons (Fsp3) is 0.467. The van der Waals surface area contributed by atoms with Crippen LogP contribution in [0, 0.1) is 32.1 Å². The van der Waals surface area contributed by atoms with Crippen LogP contribution >= 0.6 is 0 Å². The van der Waals surface area contributed by atoms with Crippen LogP contribution in [-0.4, -0.2) is 12.5 Å². The lowest BCUT2D eigenvalue weighted by Crippen LogP contribution is -2.26. The monoisotopic (exact) mass is 244 g/mol. The lowest BCUT2D eigenvalue weighted by atomic mass is 9.99. The first kappa shape index (κ1) is 14.2. The Balaban J connectivity index is 2.60. The lowest BCUT2D eigenvalue weighted by molar-refractivity contribution is 0.0952. The van der Waals surface area contributed by atoms with Crippen molar-refractivity contribution in [3.05, 3.63) is 34.4 Å². The zero-order valence-corrected chi connectivity index (χ0v) is 11.3. The molecular formula is C15H20N2O. The van der Waals surface area contributed by atoms with Crippen molar-refractivity contribution >= 4 is 5.91 Å². The molecule has 1 amide bonds. The summed E-state index contributed by atoms with van der Waals surface area (Å²) < 4.78 is 0. The molecule has 3 heteroatoms. The molecule has 0 radical (unpaired) electrons. The van der Waals surface area contributed by atoms with E-state index in [2.05, 4.69) is 11.4 Å². The number of nitrogens with one attached hydrogen (secondary N) is 1. The predicted molar refractivity (Wildman–Crippen MR) is 72.5 cm³/mol. The fourth-order valence-corrected chi connectivity index (χ4v) is 2.16. The van der Waals surface area contributed by atoms with Crippen molar-refractivity contribution < 1.29 is 4.79 Å². The van der Waals surface area contributed by atoms with Gasteiger partial charge >= 0.3 is 0 Å². The molecule has 18 heavy (non-hydrogen) atoms. The molecule has 1 N–H and O–H groups in total. The third kappa shape index (κ3) is 3.89. The van der Waals surface area contributed by atoms with Crippen LogP contribution in [-0.2, 0) is 0 Å². The molecule has 0 aromatic heterocycles.